The molecule has 8 rings (SSSR count). The van der Waals surface area contributed by atoms with E-state index in [1.807, 2.05) is 71.2 Å². The first-order valence-electron chi connectivity index (χ1n) is 20.0. The van der Waals surface area contributed by atoms with Crippen LogP contribution in [0.3, 0.4) is 0 Å². The number of hydrogen-bond donors (Lipinski definition) is 0. The first-order valence-corrected chi connectivity index (χ1v) is 29.0. The van der Waals surface area contributed by atoms with Crippen molar-refractivity contribution in [3.05, 3.63) is 92.7 Å². The van der Waals surface area contributed by atoms with Gasteiger partial charge in [-0.3, -0.25) is 19.0 Å². The van der Waals surface area contributed by atoms with Crippen LogP contribution in [0.2, 0.25) is 61.4 Å². The van der Waals surface area contributed by atoms with Crippen molar-refractivity contribution in [2.24, 2.45) is 14.1 Å². The lowest BCUT2D eigenvalue weighted by Gasteiger charge is -2.15. The van der Waals surface area contributed by atoms with E-state index in [0.29, 0.717) is 74.5 Å². The Bertz CT molecular complexity index is 2880. The standard InChI is InChI=1S/C21H24ClN5O2Si.C13H18BrN3O2Si.C9H9ClN2/c1-26-18-9-15(22)5-6-16(18)20(25-26)17-10-23-21-19(24-17)14(12-28)11-27(21)13-29-7-8-30(2,3)4;1-20(2,3)5-4-19-9-17-7-10(8-18)12-13(17)15-6-11(14)16-12;1-6-8-4-3-7(10)5-9(8)12(2)11-6/h5-6,9-12H,7-8,13H2,1-4H3;6-8H,4-5,9H2,1-3H3;3-5H,1-2H3. The van der Waals surface area contributed by atoms with Crippen LogP contribution in [0, 0.1) is 6.92 Å². The van der Waals surface area contributed by atoms with Gasteiger partial charge in [0.2, 0.25) is 0 Å². The predicted octanol–water partition coefficient (Wildman–Crippen LogP) is 10.6. The Labute approximate surface area is 380 Å². The lowest BCUT2D eigenvalue weighted by atomic mass is 10.1. The van der Waals surface area contributed by atoms with Gasteiger partial charge in [-0.05, 0) is 71.3 Å². The number of hydrogen-bond acceptors (Lipinski definition) is 10. The predicted molar refractivity (Wildman–Crippen MR) is 257 cm³/mol. The lowest BCUT2D eigenvalue weighted by Crippen LogP contribution is -2.22. The lowest BCUT2D eigenvalue weighted by molar-refractivity contribution is 0.0895. The minimum atomic E-state index is -1.16. The van der Waals surface area contributed by atoms with Crippen molar-refractivity contribution in [1.29, 1.82) is 0 Å². The average Bonchev–Trinajstić information content (AvgIpc) is 3.94. The van der Waals surface area contributed by atoms with Crippen LogP contribution in [0.25, 0.3) is 55.5 Å². The Hall–Kier alpha value is -4.63. The summed E-state index contributed by atoms with van der Waals surface area (Å²) in [5, 5.41) is 12.4. The number of carbonyl (C=O) groups is 2. The van der Waals surface area contributed by atoms with Gasteiger partial charge in [0.1, 0.15) is 40.5 Å². The van der Waals surface area contributed by atoms with Gasteiger partial charge >= 0.3 is 0 Å². The van der Waals surface area contributed by atoms with Crippen molar-refractivity contribution in [3.63, 3.8) is 0 Å². The summed E-state index contributed by atoms with van der Waals surface area (Å²) in [5.74, 6) is 0. The molecule has 0 aliphatic heterocycles. The van der Waals surface area contributed by atoms with E-state index in [4.69, 9.17) is 37.7 Å². The van der Waals surface area contributed by atoms with Crippen molar-refractivity contribution in [2.75, 3.05) is 13.2 Å². The van der Waals surface area contributed by atoms with Crippen LogP contribution in [0.5, 0.6) is 0 Å². The molecule has 0 N–H and O–H groups in total. The highest BCUT2D eigenvalue weighted by Gasteiger charge is 2.19. The van der Waals surface area contributed by atoms with Crippen molar-refractivity contribution < 1.29 is 19.1 Å². The number of halogens is 3. The summed E-state index contributed by atoms with van der Waals surface area (Å²) < 4.78 is 19.4. The summed E-state index contributed by atoms with van der Waals surface area (Å²) in [6.07, 6.45) is 8.38. The van der Waals surface area contributed by atoms with Crippen LogP contribution >= 0.6 is 39.1 Å². The topological polar surface area (TPSA) is 150 Å². The molecule has 0 aliphatic rings. The quantitative estimate of drug-likeness (QED) is 0.0621. The Morgan fingerprint density at radius 3 is 1.71 bits per heavy atom. The number of fused-ring (bicyclic) bond motifs is 4. The first-order chi connectivity index (χ1) is 29.3. The number of aldehydes is 2. The van der Waals surface area contributed by atoms with Crippen molar-refractivity contribution in [2.45, 2.75) is 71.8 Å². The van der Waals surface area contributed by atoms with Gasteiger partial charge < -0.3 is 18.6 Å². The smallest absolute Gasteiger partial charge is 0.161 e. The molecule has 0 spiro atoms. The number of nitrogens with zero attached hydrogens (tertiary/aromatic N) is 10. The van der Waals surface area contributed by atoms with Gasteiger partial charge in [-0.1, -0.05) is 62.5 Å². The van der Waals surface area contributed by atoms with Crippen molar-refractivity contribution >= 4 is 112 Å². The van der Waals surface area contributed by atoms with Gasteiger partial charge in [-0.15, -0.1) is 0 Å². The molecule has 0 unspecified atom stereocenters. The van der Waals surface area contributed by atoms with Gasteiger partial charge in [-0.25, -0.2) is 19.9 Å². The van der Waals surface area contributed by atoms with Crippen LogP contribution in [-0.2, 0) is 37.0 Å². The third kappa shape index (κ3) is 11.5. The molecule has 14 nitrogen and oxygen atoms in total. The van der Waals surface area contributed by atoms with Crippen molar-refractivity contribution in [3.8, 4) is 11.4 Å². The molecule has 326 valence electrons. The molecule has 6 aromatic heterocycles. The molecule has 0 saturated carbocycles. The number of aryl methyl sites for hydroxylation is 3. The number of benzene rings is 2. The summed E-state index contributed by atoms with van der Waals surface area (Å²) >= 11 is 15.2. The maximum Gasteiger partial charge on any atom is 0.161 e. The number of rotatable bonds is 13. The average molecular weight is 979 g/mol. The summed E-state index contributed by atoms with van der Waals surface area (Å²) in [5.41, 5.74) is 7.80. The van der Waals surface area contributed by atoms with Crippen LogP contribution in [-0.4, -0.2) is 90.6 Å². The molecule has 0 atom stereocenters. The van der Waals surface area contributed by atoms with E-state index in [9.17, 15) is 9.59 Å². The second kappa shape index (κ2) is 19.8. The fourth-order valence-electron chi connectivity index (χ4n) is 6.53. The van der Waals surface area contributed by atoms with E-state index < -0.39 is 16.1 Å². The normalized spacial score (nSPS) is 11.9. The fraction of sp³-hybridized carbons (Fsp3) is 0.349. The van der Waals surface area contributed by atoms with Gasteiger partial charge in [0, 0.05) is 76.7 Å². The Morgan fingerprint density at radius 1 is 0.694 bits per heavy atom. The van der Waals surface area contributed by atoms with Crippen LogP contribution in [0.1, 0.15) is 26.4 Å². The zero-order valence-corrected chi connectivity index (χ0v) is 41.5. The Morgan fingerprint density at radius 2 is 1.18 bits per heavy atom. The van der Waals surface area contributed by atoms with Gasteiger partial charge in [0.25, 0.3) is 0 Å². The van der Waals surface area contributed by atoms with Crippen LogP contribution < -0.4 is 0 Å². The molecule has 0 amide bonds. The van der Waals surface area contributed by atoms with E-state index >= 15 is 0 Å². The molecule has 0 fully saturated rings. The molecule has 2 aromatic carbocycles. The minimum absolute atomic E-state index is 0.341. The van der Waals surface area contributed by atoms with Gasteiger partial charge in [-0.2, -0.15) is 10.2 Å². The first kappa shape index (κ1) is 46.9. The van der Waals surface area contributed by atoms with E-state index in [-0.39, 0.29) is 0 Å². The van der Waals surface area contributed by atoms with Gasteiger partial charge in [0.05, 0.1) is 40.2 Å². The molecule has 62 heavy (non-hydrogen) atoms. The third-order valence-electron chi connectivity index (χ3n) is 9.92. The summed E-state index contributed by atoms with van der Waals surface area (Å²) in [6, 6.07) is 13.6. The Balaban J connectivity index is 0.000000171. The van der Waals surface area contributed by atoms with E-state index in [0.717, 1.165) is 58.4 Å². The van der Waals surface area contributed by atoms with Crippen LogP contribution in [0.4, 0.5) is 0 Å². The van der Waals surface area contributed by atoms with Gasteiger partial charge in [0.15, 0.2) is 23.9 Å². The molecule has 6 heterocycles. The molecular formula is C43H51BrCl2N10O4Si2. The maximum atomic E-state index is 11.6. The molecule has 8 aromatic rings. The monoisotopic (exact) mass is 976 g/mol. The van der Waals surface area contributed by atoms with Crippen LogP contribution in [0.15, 0.2) is 65.8 Å². The SMILES string of the molecule is C[Si](C)(C)CCOCn1cc(C=O)c2nc(Br)cnc21.Cc1nn(C)c2cc(Cl)ccc12.Cn1nc(-c2cnc3c(n2)c(C=O)cn3COCC[Si](C)(C)C)c2ccc(Cl)cc21. The van der Waals surface area contributed by atoms with E-state index in [2.05, 4.69) is 80.4 Å². The van der Waals surface area contributed by atoms with Crippen molar-refractivity contribution in [1.82, 2.24) is 48.6 Å². The highest BCUT2D eigenvalue weighted by Crippen LogP contribution is 2.30. The number of carbonyl (C=O) groups excluding carboxylic acids is 2. The molecule has 0 radical (unpaired) electrons. The molecule has 0 aliphatic carbocycles. The highest BCUT2D eigenvalue weighted by molar-refractivity contribution is 9.10. The Kier molecular flexibility index (Phi) is 15.0. The second-order valence-electron chi connectivity index (χ2n) is 17.3. The number of aromatic nitrogens is 10. The summed E-state index contributed by atoms with van der Waals surface area (Å²) in [7, 11) is 1.54. The largest absolute Gasteiger partial charge is 0.361 e. The fourth-order valence-corrected chi connectivity index (χ4v) is 8.65. The summed E-state index contributed by atoms with van der Waals surface area (Å²) in [4.78, 5) is 40.6. The maximum absolute atomic E-state index is 11.6. The molecule has 19 heteroatoms. The zero-order chi connectivity index (χ0) is 44.9. The minimum Gasteiger partial charge on any atom is -0.361 e. The van der Waals surface area contributed by atoms with E-state index in [1.165, 1.54) is 5.39 Å². The highest BCUT2D eigenvalue weighted by atomic mass is 79.9. The summed E-state index contributed by atoms with van der Waals surface area (Å²) in [6.45, 7) is 18.0. The third-order valence-corrected chi connectivity index (χ3v) is 14.2. The molecule has 0 saturated heterocycles. The molecular weight excluding hydrogens is 928 g/mol. The second-order valence-corrected chi connectivity index (χ2v) is 30.3. The molecule has 0 bridgehead atoms. The zero-order valence-electron chi connectivity index (χ0n) is 36.4. The van der Waals surface area contributed by atoms with E-state index in [1.54, 1.807) is 29.5 Å². The number of ether oxygens (including phenoxy) is 2.